The molecule has 1 atom stereocenters. The van der Waals surface area contributed by atoms with Gasteiger partial charge in [-0.2, -0.15) is 4.31 Å². The van der Waals surface area contributed by atoms with E-state index in [1.165, 1.54) is 22.1 Å². The van der Waals surface area contributed by atoms with Crippen molar-refractivity contribution in [3.8, 4) is 5.69 Å². The standard InChI is InChI=1S/C22H25N5O3S2/c1-17(31-22-23-16-27(25-22)19-10-4-2-5-11-19)21(28)24-18-9-8-12-20(15-18)32(29,30)26-13-6-3-7-14-26/h2,4-5,8-12,15-17H,3,6-7,13-14H2,1H3,(H,24,28). The van der Waals surface area contributed by atoms with E-state index in [0.29, 0.717) is 23.9 Å². The SMILES string of the molecule is CC(Sc1ncn(-c2ccccc2)n1)C(=O)Nc1cccc(S(=O)(=O)N2CCCCC2)c1. The highest BCUT2D eigenvalue weighted by molar-refractivity contribution is 8.00. The topological polar surface area (TPSA) is 97.2 Å². The van der Waals surface area contributed by atoms with Crippen LogP contribution in [0.5, 0.6) is 0 Å². The fraction of sp³-hybridized carbons (Fsp3) is 0.318. The lowest BCUT2D eigenvalue weighted by Crippen LogP contribution is -2.35. The van der Waals surface area contributed by atoms with Crippen molar-refractivity contribution in [3.63, 3.8) is 0 Å². The summed E-state index contributed by atoms with van der Waals surface area (Å²) < 4.78 is 29.0. The predicted molar refractivity (Wildman–Crippen MR) is 124 cm³/mol. The summed E-state index contributed by atoms with van der Waals surface area (Å²) in [6.07, 6.45) is 4.41. The number of sulfonamides is 1. The molecule has 4 rings (SSSR count). The quantitative estimate of drug-likeness (QED) is 0.529. The second-order valence-electron chi connectivity index (χ2n) is 7.55. The van der Waals surface area contributed by atoms with Crippen LogP contribution in [0.2, 0.25) is 0 Å². The van der Waals surface area contributed by atoms with Crippen LogP contribution < -0.4 is 5.32 Å². The van der Waals surface area contributed by atoms with Crippen molar-refractivity contribution < 1.29 is 13.2 Å². The van der Waals surface area contributed by atoms with E-state index in [-0.39, 0.29) is 10.8 Å². The number of hydrogen-bond acceptors (Lipinski definition) is 6. The summed E-state index contributed by atoms with van der Waals surface area (Å²) in [4.78, 5) is 17.2. The number of amides is 1. The zero-order valence-electron chi connectivity index (χ0n) is 17.7. The summed E-state index contributed by atoms with van der Waals surface area (Å²) in [5.74, 6) is -0.251. The van der Waals surface area contributed by atoms with Crippen molar-refractivity contribution in [3.05, 3.63) is 60.9 Å². The molecule has 1 amide bonds. The molecule has 1 unspecified atom stereocenters. The Bertz CT molecular complexity index is 1180. The van der Waals surface area contributed by atoms with E-state index in [2.05, 4.69) is 15.4 Å². The predicted octanol–water partition coefficient (Wildman–Crippen LogP) is 3.56. The number of thioether (sulfide) groups is 1. The van der Waals surface area contributed by atoms with Gasteiger partial charge in [0.05, 0.1) is 15.8 Å². The molecule has 10 heteroatoms. The molecular weight excluding hydrogens is 446 g/mol. The second kappa shape index (κ2) is 9.85. The van der Waals surface area contributed by atoms with Crippen molar-refractivity contribution in [2.24, 2.45) is 0 Å². The molecule has 32 heavy (non-hydrogen) atoms. The van der Waals surface area contributed by atoms with E-state index >= 15 is 0 Å². The molecule has 1 N–H and O–H groups in total. The molecule has 1 aliphatic rings. The molecule has 1 aromatic heterocycles. The minimum Gasteiger partial charge on any atom is -0.325 e. The Morgan fingerprint density at radius 3 is 2.56 bits per heavy atom. The number of para-hydroxylation sites is 1. The average Bonchev–Trinajstić information content (AvgIpc) is 3.29. The molecule has 0 radical (unpaired) electrons. The first-order chi connectivity index (χ1) is 15.4. The van der Waals surface area contributed by atoms with E-state index in [1.807, 2.05) is 30.3 Å². The van der Waals surface area contributed by atoms with E-state index in [0.717, 1.165) is 24.9 Å². The highest BCUT2D eigenvalue weighted by Crippen LogP contribution is 2.25. The third-order valence-electron chi connectivity index (χ3n) is 5.20. The number of anilines is 1. The summed E-state index contributed by atoms with van der Waals surface area (Å²) in [6, 6.07) is 16.0. The number of nitrogens with one attached hydrogen (secondary N) is 1. The van der Waals surface area contributed by atoms with Gasteiger partial charge in [-0.15, -0.1) is 5.10 Å². The maximum atomic E-state index is 12.9. The fourth-order valence-electron chi connectivity index (χ4n) is 3.45. The number of nitrogens with zero attached hydrogens (tertiary/aromatic N) is 4. The molecule has 1 aliphatic heterocycles. The van der Waals surface area contributed by atoms with Gasteiger partial charge in [-0.3, -0.25) is 4.79 Å². The first-order valence-electron chi connectivity index (χ1n) is 10.5. The monoisotopic (exact) mass is 471 g/mol. The molecule has 1 saturated heterocycles. The van der Waals surface area contributed by atoms with Crippen LogP contribution in [-0.2, 0) is 14.8 Å². The molecule has 1 fully saturated rings. The van der Waals surface area contributed by atoms with Gasteiger partial charge in [-0.05, 0) is 50.1 Å². The Labute approximate surface area is 192 Å². The van der Waals surface area contributed by atoms with Crippen LogP contribution >= 0.6 is 11.8 Å². The largest absolute Gasteiger partial charge is 0.325 e. The van der Waals surface area contributed by atoms with Gasteiger partial charge in [0, 0.05) is 18.8 Å². The zero-order chi connectivity index (χ0) is 22.6. The van der Waals surface area contributed by atoms with Gasteiger partial charge in [0.15, 0.2) is 0 Å². The second-order valence-corrected chi connectivity index (χ2v) is 10.8. The van der Waals surface area contributed by atoms with Gasteiger partial charge in [0.1, 0.15) is 6.33 Å². The summed E-state index contributed by atoms with van der Waals surface area (Å²) in [5, 5.41) is 7.24. The van der Waals surface area contributed by atoms with Crippen molar-refractivity contribution in [1.82, 2.24) is 19.1 Å². The number of aromatic nitrogens is 3. The summed E-state index contributed by atoms with van der Waals surface area (Å²) in [6.45, 7) is 2.84. The van der Waals surface area contributed by atoms with Crippen LogP contribution in [0.3, 0.4) is 0 Å². The van der Waals surface area contributed by atoms with Crippen molar-refractivity contribution in [2.75, 3.05) is 18.4 Å². The van der Waals surface area contributed by atoms with Gasteiger partial charge < -0.3 is 5.32 Å². The van der Waals surface area contributed by atoms with Crippen LogP contribution in [0.25, 0.3) is 5.69 Å². The molecule has 8 nitrogen and oxygen atoms in total. The van der Waals surface area contributed by atoms with E-state index < -0.39 is 15.3 Å². The minimum absolute atomic E-state index is 0.195. The third-order valence-corrected chi connectivity index (χ3v) is 8.06. The van der Waals surface area contributed by atoms with Crippen LogP contribution in [0, 0.1) is 0 Å². The zero-order valence-corrected chi connectivity index (χ0v) is 19.3. The fourth-order valence-corrected chi connectivity index (χ4v) is 5.74. The number of rotatable bonds is 7. The molecule has 2 heterocycles. The molecular formula is C22H25N5O3S2. The Hall–Kier alpha value is -2.69. The normalized spacial score (nSPS) is 15.9. The molecule has 0 aliphatic carbocycles. The maximum Gasteiger partial charge on any atom is 0.243 e. The number of carbonyl (C=O) groups excluding carboxylic acids is 1. The van der Waals surface area contributed by atoms with E-state index in [9.17, 15) is 13.2 Å². The highest BCUT2D eigenvalue weighted by atomic mass is 32.2. The smallest absolute Gasteiger partial charge is 0.243 e. The van der Waals surface area contributed by atoms with E-state index in [1.54, 1.807) is 36.1 Å². The molecule has 0 saturated carbocycles. The molecule has 0 bridgehead atoms. The van der Waals surface area contributed by atoms with Gasteiger partial charge in [-0.25, -0.2) is 18.1 Å². The lowest BCUT2D eigenvalue weighted by Gasteiger charge is -2.26. The van der Waals surface area contributed by atoms with Crippen molar-refractivity contribution in [1.29, 1.82) is 0 Å². The first kappa shape index (κ1) is 22.5. The number of benzene rings is 2. The summed E-state index contributed by atoms with van der Waals surface area (Å²) in [5.41, 5.74) is 1.33. The lowest BCUT2D eigenvalue weighted by atomic mass is 10.2. The highest BCUT2D eigenvalue weighted by Gasteiger charge is 2.26. The molecule has 168 valence electrons. The van der Waals surface area contributed by atoms with Crippen molar-refractivity contribution >= 4 is 33.4 Å². The number of hydrogen-bond donors (Lipinski definition) is 1. The lowest BCUT2D eigenvalue weighted by molar-refractivity contribution is -0.115. The molecule has 2 aromatic carbocycles. The van der Waals surface area contributed by atoms with Crippen LogP contribution in [0.15, 0.2) is 71.0 Å². The summed E-state index contributed by atoms with van der Waals surface area (Å²) in [7, 11) is -3.56. The summed E-state index contributed by atoms with van der Waals surface area (Å²) >= 11 is 1.24. The Balaban J connectivity index is 1.40. The van der Waals surface area contributed by atoms with Crippen LogP contribution in [-0.4, -0.2) is 51.7 Å². The van der Waals surface area contributed by atoms with Gasteiger partial charge in [-0.1, -0.05) is 42.4 Å². The molecule has 0 spiro atoms. The van der Waals surface area contributed by atoms with E-state index in [4.69, 9.17) is 0 Å². The third kappa shape index (κ3) is 5.20. The minimum atomic E-state index is -3.56. The number of piperidine rings is 1. The average molecular weight is 472 g/mol. The van der Waals surface area contributed by atoms with Crippen LogP contribution in [0.1, 0.15) is 26.2 Å². The Morgan fingerprint density at radius 2 is 1.81 bits per heavy atom. The maximum absolute atomic E-state index is 12.9. The van der Waals surface area contributed by atoms with Gasteiger partial charge >= 0.3 is 0 Å². The van der Waals surface area contributed by atoms with Crippen molar-refractivity contribution in [2.45, 2.75) is 41.5 Å². The molecule has 3 aromatic rings. The first-order valence-corrected chi connectivity index (χ1v) is 12.8. The Morgan fingerprint density at radius 1 is 1.06 bits per heavy atom. The van der Waals surface area contributed by atoms with Crippen LogP contribution in [0.4, 0.5) is 5.69 Å². The van der Waals surface area contributed by atoms with Gasteiger partial charge in [0.25, 0.3) is 0 Å². The number of carbonyl (C=O) groups is 1. The van der Waals surface area contributed by atoms with Gasteiger partial charge in [0.2, 0.25) is 21.1 Å². The Kier molecular flexibility index (Phi) is 6.92.